The van der Waals surface area contributed by atoms with E-state index in [0.29, 0.717) is 23.4 Å². The molecule has 1 N–H and O–H groups in total. The van der Waals surface area contributed by atoms with Crippen molar-refractivity contribution < 1.29 is 19.4 Å². The molecule has 1 aromatic carbocycles. The number of benzene rings is 1. The molecule has 0 fully saturated rings. The Bertz CT molecular complexity index is 533. The predicted octanol–water partition coefficient (Wildman–Crippen LogP) is 1.55. The standard InChI is InChI=1S/C14H15NO4/c1-9-7-8-15(12(9)14(17)18)13(16)10-3-5-11(19-2)6-4-10/h3-7,12H,8H2,1-2H3,(H,17,18). The van der Waals surface area contributed by atoms with Gasteiger partial charge in [0.15, 0.2) is 6.04 Å². The average Bonchev–Trinajstić information content (AvgIpc) is 2.80. The van der Waals surface area contributed by atoms with E-state index in [2.05, 4.69) is 0 Å². The van der Waals surface area contributed by atoms with E-state index in [9.17, 15) is 14.7 Å². The van der Waals surface area contributed by atoms with E-state index >= 15 is 0 Å². The van der Waals surface area contributed by atoms with Crippen molar-refractivity contribution in [2.45, 2.75) is 13.0 Å². The van der Waals surface area contributed by atoms with Crippen molar-refractivity contribution in [2.24, 2.45) is 0 Å². The number of methoxy groups -OCH3 is 1. The van der Waals surface area contributed by atoms with Gasteiger partial charge in [0.05, 0.1) is 7.11 Å². The first-order chi connectivity index (χ1) is 9.04. The van der Waals surface area contributed by atoms with Gasteiger partial charge in [-0.05, 0) is 36.8 Å². The molecule has 0 bridgehead atoms. The monoisotopic (exact) mass is 261 g/mol. The number of amides is 1. The average molecular weight is 261 g/mol. The topological polar surface area (TPSA) is 66.8 Å². The van der Waals surface area contributed by atoms with Crippen LogP contribution in [-0.2, 0) is 4.79 Å². The molecule has 0 aromatic heterocycles. The van der Waals surface area contributed by atoms with Gasteiger partial charge in [0.1, 0.15) is 5.75 Å². The number of carboxylic acids is 1. The molecule has 0 saturated carbocycles. The Kier molecular flexibility index (Phi) is 3.55. The van der Waals surface area contributed by atoms with Crippen molar-refractivity contribution in [1.82, 2.24) is 4.90 Å². The van der Waals surface area contributed by atoms with Crippen molar-refractivity contribution in [3.05, 3.63) is 41.5 Å². The number of carbonyl (C=O) groups excluding carboxylic acids is 1. The molecular formula is C14H15NO4. The highest BCUT2D eigenvalue weighted by molar-refractivity contribution is 5.98. The Morgan fingerprint density at radius 3 is 2.47 bits per heavy atom. The summed E-state index contributed by atoms with van der Waals surface area (Å²) in [6.07, 6.45) is 1.76. The predicted molar refractivity (Wildman–Crippen MR) is 69.2 cm³/mol. The summed E-state index contributed by atoms with van der Waals surface area (Å²) in [5.41, 5.74) is 1.14. The van der Waals surface area contributed by atoms with Crippen molar-refractivity contribution in [3.8, 4) is 5.75 Å². The van der Waals surface area contributed by atoms with Crippen molar-refractivity contribution in [2.75, 3.05) is 13.7 Å². The minimum absolute atomic E-state index is 0.289. The highest BCUT2D eigenvalue weighted by Gasteiger charge is 2.34. The van der Waals surface area contributed by atoms with Gasteiger partial charge in [-0.25, -0.2) is 4.79 Å². The molecule has 2 rings (SSSR count). The molecule has 1 unspecified atom stereocenters. The molecule has 0 radical (unpaired) electrons. The summed E-state index contributed by atoms with van der Waals surface area (Å²) in [6.45, 7) is 2.05. The Balaban J connectivity index is 2.22. The van der Waals surface area contributed by atoms with Gasteiger partial charge in [-0.2, -0.15) is 0 Å². The molecule has 19 heavy (non-hydrogen) atoms. The van der Waals surface area contributed by atoms with Crippen LogP contribution in [0.4, 0.5) is 0 Å². The first kappa shape index (κ1) is 13.1. The molecule has 1 amide bonds. The van der Waals surface area contributed by atoms with E-state index in [1.807, 2.05) is 0 Å². The van der Waals surface area contributed by atoms with Gasteiger partial charge in [0, 0.05) is 12.1 Å². The molecule has 0 saturated heterocycles. The van der Waals surface area contributed by atoms with E-state index in [4.69, 9.17) is 4.74 Å². The van der Waals surface area contributed by atoms with E-state index in [0.717, 1.165) is 0 Å². The van der Waals surface area contributed by atoms with Crippen molar-refractivity contribution >= 4 is 11.9 Å². The molecule has 0 spiro atoms. The molecule has 1 aliphatic heterocycles. The first-order valence-electron chi connectivity index (χ1n) is 5.89. The van der Waals surface area contributed by atoms with Crippen molar-refractivity contribution in [3.63, 3.8) is 0 Å². The van der Waals surface area contributed by atoms with E-state index in [1.165, 1.54) is 4.90 Å². The maximum absolute atomic E-state index is 12.3. The second kappa shape index (κ2) is 5.14. The molecule has 0 aliphatic carbocycles. The zero-order valence-corrected chi connectivity index (χ0v) is 10.8. The van der Waals surface area contributed by atoms with Gasteiger partial charge in [-0.3, -0.25) is 4.79 Å². The lowest BCUT2D eigenvalue weighted by atomic mass is 10.1. The van der Waals surface area contributed by atoms with Crippen LogP contribution in [0.15, 0.2) is 35.9 Å². The summed E-state index contributed by atoms with van der Waals surface area (Å²) in [4.78, 5) is 24.8. The lowest BCUT2D eigenvalue weighted by molar-refractivity contribution is -0.140. The fourth-order valence-corrected chi connectivity index (χ4v) is 2.13. The number of hydrogen-bond acceptors (Lipinski definition) is 3. The molecule has 1 aromatic rings. The fraction of sp³-hybridized carbons (Fsp3) is 0.286. The fourth-order valence-electron chi connectivity index (χ4n) is 2.13. The Labute approximate surface area is 111 Å². The van der Waals surface area contributed by atoms with Gasteiger partial charge < -0.3 is 14.7 Å². The van der Waals surface area contributed by atoms with Crippen LogP contribution in [0.5, 0.6) is 5.75 Å². The Morgan fingerprint density at radius 1 is 1.32 bits per heavy atom. The SMILES string of the molecule is COc1ccc(C(=O)N2CC=C(C)C2C(=O)O)cc1. The van der Waals surface area contributed by atoms with Gasteiger partial charge in [0.25, 0.3) is 5.91 Å². The molecule has 1 aliphatic rings. The van der Waals surface area contributed by atoms with Crippen LogP contribution in [0.3, 0.4) is 0 Å². The second-order valence-corrected chi connectivity index (χ2v) is 4.37. The maximum atomic E-state index is 12.3. The number of aliphatic carboxylic acids is 1. The summed E-state index contributed by atoms with van der Waals surface area (Å²) >= 11 is 0. The molecular weight excluding hydrogens is 246 g/mol. The Morgan fingerprint density at radius 2 is 1.95 bits per heavy atom. The summed E-state index contributed by atoms with van der Waals surface area (Å²) < 4.78 is 5.02. The maximum Gasteiger partial charge on any atom is 0.330 e. The van der Waals surface area contributed by atoms with Crippen LogP contribution in [0.2, 0.25) is 0 Å². The second-order valence-electron chi connectivity index (χ2n) is 4.37. The van der Waals surface area contributed by atoms with Crippen LogP contribution in [0.25, 0.3) is 0 Å². The van der Waals surface area contributed by atoms with Gasteiger partial charge in [0.2, 0.25) is 0 Å². The quantitative estimate of drug-likeness (QED) is 0.838. The summed E-state index contributed by atoms with van der Waals surface area (Å²) in [6, 6.07) is 5.76. The minimum atomic E-state index is -1.01. The lowest BCUT2D eigenvalue weighted by Gasteiger charge is -2.23. The molecule has 5 nitrogen and oxygen atoms in total. The van der Waals surface area contributed by atoms with Crippen LogP contribution < -0.4 is 4.74 Å². The summed E-state index contributed by atoms with van der Waals surface area (Å²) in [7, 11) is 1.55. The number of nitrogens with zero attached hydrogens (tertiary/aromatic N) is 1. The van der Waals surface area contributed by atoms with Crippen LogP contribution in [-0.4, -0.2) is 41.6 Å². The van der Waals surface area contributed by atoms with Crippen LogP contribution >= 0.6 is 0 Å². The number of carbonyl (C=O) groups is 2. The molecule has 1 heterocycles. The molecule has 1 atom stereocenters. The van der Waals surface area contributed by atoms with Gasteiger partial charge >= 0.3 is 5.97 Å². The third-order valence-electron chi connectivity index (χ3n) is 3.18. The number of rotatable bonds is 3. The van der Waals surface area contributed by atoms with E-state index < -0.39 is 12.0 Å². The highest BCUT2D eigenvalue weighted by atomic mass is 16.5. The molecule has 100 valence electrons. The van der Waals surface area contributed by atoms with Gasteiger partial charge in [-0.15, -0.1) is 0 Å². The third-order valence-corrected chi connectivity index (χ3v) is 3.18. The molecule has 5 heteroatoms. The van der Waals surface area contributed by atoms with E-state index in [-0.39, 0.29) is 5.91 Å². The third kappa shape index (κ3) is 2.45. The van der Waals surface area contributed by atoms with Crippen molar-refractivity contribution in [1.29, 1.82) is 0 Å². The number of carboxylic acid groups (broad SMARTS) is 1. The van der Waals surface area contributed by atoms with Crippen LogP contribution in [0.1, 0.15) is 17.3 Å². The summed E-state index contributed by atoms with van der Waals surface area (Å²) in [5, 5.41) is 9.18. The zero-order chi connectivity index (χ0) is 14.0. The Hall–Kier alpha value is -2.30. The largest absolute Gasteiger partial charge is 0.497 e. The zero-order valence-electron chi connectivity index (χ0n) is 10.8. The van der Waals surface area contributed by atoms with Gasteiger partial charge in [-0.1, -0.05) is 6.08 Å². The first-order valence-corrected chi connectivity index (χ1v) is 5.89. The smallest absolute Gasteiger partial charge is 0.330 e. The highest BCUT2D eigenvalue weighted by Crippen LogP contribution is 2.22. The summed E-state index contributed by atoms with van der Waals surface area (Å²) in [5.74, 6) is -0.640. The normalized spacial score (nSPS) is 18.1. The van der Waals surface area contributed by atoms with E-state index in [1.54, 1.807) is 44.4 Å². The minimum Gasteiger partial charge on any atom is -0.497 e. The number of hydrogen-bond donors (Lipinski definition) is 1. The number of ether oxygens (including phenoxy) is 1. The lowest BCUT2D eigenvalue weighted by Crippen LogP contribution is -2.42. The van der Waals surface area contributed by atoms with Crippen LogP contribution in [0, 0.1) is 0 Å².